The number of aliphatic hydroxyl groups excluding tert-OH is 1. The third kappa shape index (κ3) is 4.46. The van der Waals surface area contributed by atoms with Crippen LogP contribution in [0.4, 0.5) is 0 Å². The van der Waals surface area contributed by atoms with E-state index in [2.05, 4.69) is 4.90 Å². The fraction of sp³-hybridized carbons (Fsp3) is 0.684. The molecule has 2 aliphatic rings. The molecule has 1 heterocycles. The van der Waals surface area contributed by atoms with Gasteiger partial charge in [0, 0.05) is 12.6 Å². The molecule has 0 aromatic heterocycles. The molecule has 1 aromatic rings. The Labute approximate surface area is 139 Å². The Kier molecular flexibility index (Phi) is 5.92. The molecule has 1 aliphatic carbocycles. The van der Waals surface area contributed by atoms with Gasteiger partial charge in [-0.25, -0.2) is 0 Å². The molecular weight excluding hydrogens is 290 g/mol. The molecule has 23 heavy (non-hydrogen) atoms. The topological polar surface area (TPSA) is 41.9 Å². The van der Waals surface area contributed by atoms with Crippen molar-refractivity contribution in [3.63, 3.8) is 0 Å². The Morgan fingerprint density at radius 1 is 1.26 bits per heavy atom. The number of fused-ring (bicyclic) bond motifs is 1. The number of methoxy groups -OCH3 is 1. The molecule has 1 N–H and O–H groups in total. The lowest BCUT2D eigenvalue weighted by Gasteiger charge is -2.32. The molecule has 0 radical (unpaired) electrons. The third-order valence-electron chi connectivity index (χ3n) is 5.28. The highest BCUT2D eigenvalue weighted by Crippen LogP contribution is 2.36. The van der Waals surface area contributed by atoms with Crippen molar-refractivity contribution >= 4 is 0 Å². The zero-order chi connectivity index (χ0) is 16.1. The second kappa shape index (κ2) is 8.13. The highest BCUT2D eigenvalue weighted by Gasteiger charge is 2.36. The Balaban J connectivity index is 1.40. The molecule has 3 unspecified atom stereocenters. The average molecular weight is 319 g/mol. The molecule has 0 amide bonds. The minimum atomic E-state index is -0.402. The molecule has 1 saturated carbocycles. The fourth-order valence-corrected chi connectivity index (χ4v) is 4.13. The lowest BCUT2D eigenvalue weighted by atomic mass is 9.85. The maximum atomic E-state index is 10.3. The van der Waals surface area contributed by atoms with Gasteiger partial charge >= 0.3 is 0 Å². The lowest BCUT2D eigenvalue weighted by molar-refractivity contribution is 0.00427. The van der Waals surface area contributed by atoms with Crippen molar-refractivity contribution in [2.45, 2.75) is 50.9 Å². The first-order valence-electron chi connectivity index (χ1n) is 8.89. The fourth-order valence-electron chi connectivity index (χ4n) is 4.13. The first-order chi connectivity index (χ1) is 11.3. The maximum Gasteiger partial charge on any atom is 0.119 e. The van der Waals surface area contributed by atoms with Crippen LogP contribution in [0, 0.1) is 5.92 Å². The van der Waals surface area contributed by atoms with E-state index in [0.717, 1.165) is 30.3 Å². The molecular formula is C19H29NO3. The van der Waals surface area contributed by atoms with Gasteiger partial charge in [0.2, 0.25) is 0 Å². The number of hydrogen-bond acceptors (Lipinski definition) is 4. The summed E-state index contributed by atoms with van der Waals surface area (Å²) in [6.07, 6.45) is 6.33. The van der Waals surface area contributed by atoms with Crippen molar-refractivity contribution in [2.24, 2.45) is 5.92 Å². The van der Waals surface area contributed by atoms with Crippen molar-refractivity contribution in [3.8, 4) is 5.75 Å². The average Bonchev–Trinajstić information content (AvgIpc) is 2.98. The highest BCUT2D eigenvalue weighted by atomic mass is 16.5. The van der Waals surface area contributed by atoms with E-state index in [4.69, 9.17) is 9.47 Å². The van der Waals surface area contributed by atoms with Crippen LogP contribution in [-0.2, 0) is 11.3 Å². The van der Waals surface area contributed by atoms with Crippen molar-refractivity contribution in [3.05, 3.63) is 29.8 Å². The molecule has 1 aromatic carbocycles. The van der Waals surface area contributed by atoms with Crippen molar-refractivity contribution in [1.29, 1.82) is 0 Å². The number of likely N-dealkylation sites (tertiary alicyclic amines) is 1. The first-order valence-corrected chi connectivity index (χ1v) is 8.89. The summed E-state index contributed by atoms with van der Waals surface area (Å²) in [7, 11) is 1.66. The van der Waals surface area contributed by atoms with E-state index in [1.54, 1.807) is 7.11 Å². The summed E-state index contributed by atoms with van der Waals surface area (Å²) in [6.45, 7) is 2.80. The Bertz CT molecular complexity index is 493. The third-order valence-corrected chi connectivity index (χ3v) is 5.28. The van der Waals surface area contributed by atoms with Gasteiger partial charge in [0.1, 0.15) is 5.75 Å². The van der Waals surface area contributed by atoms with Crippen molar-refractivity contribution in [2.75, 3.05) is 26.8 Å². The van der Waals surface area contributed by atoms with Gasteiger partial charge in [0.05, 0.1) is 26.4 Å². The van der Waals surface area contributed by atoms with E-state index in [1.165, 1.54) is 32.1 Å². The monoisotopic (exact) mass is 319 g/mol. The van der Waals surface area contributed by atoms with E-state index in [0.29, 0.717) is 19.3 Å². The number of β-amino-alcohol motifs (C(OH)–C–C–N with tert-alkyl or cyclic N) is 1. The van der Waals surface area contributed by atoms with Gasteiger partial charge in [0.15, 0.2) is 0 Å². The zero-order valence-electron chi connectivity index (χ0n) is 14.1. The minimum absolute atomic E-state index is 0.394. The number of hydrogen-bond donors (Lipinski definition) is 1. The van der Waals surface area contributed by atoms with Crippen LogP contribution in [-0.4, -0.2) is 49.0 Å². The smallest absolute Gasteiger partial charge is 0.119 e. The van der Waals surface area contributed by atoms with Gasteiger partial charge in [0.25, 0.3) is 0 Å². The number of benzene rings is 1. The van der Waals surface area contributed by atoms with Gasteiger partial charge in [-0.05, 0) is 49.4 Å². The normalized spacial score (nSPS) is 26.0. The van der Waals surface area contributed by atoms with E-state index in [-0.39, 0.29) is 0 Å². The molecule has 3 atom stereocenters. The summed E-state index contributed by atoms with van der Waals surface area (Å²) in [5.74, 6) is 1.71. The van der Waals surface area contributed by atoms with Crippen LogP contribution in [0.15, 0.2) is 24.3 Å². The van der Waals surface area contributed by atoms with Crippen LogP contribution in [0.2, 0.25) is 0 Å². The predicted molar refractivity (Wildman–Crippen MR) is 90.6 cm³/mol. The molecule has 4 nitrogen and oxygen atoms in total. The molecule has 2 fully saturated rings. The highest BCUT2D eigenvalue weighted by molar-refractivity contribution is 5.27. The van der Waals surface area contributed by atoms with E-state index >= 15 is 0 Å². The lowest BCUT2D eigenvalue weighted by Crippen LogP contribution is -2.40. The van der Waals surface area contributed by atoms with Gasteiger partial charge in [-0.2, -0.15) is 0 Å². The van der Waals surface area contributed by atoms with Crippen LogP contribution in [0.5, 0.6) is 5.75 Å². The molecule has 1 aliphatic heterocycles. The van der Waals surface area contributed by atoms with Gasteiger partial charge in [-0.3, -0.25) is 4.90 Å². The van der Waals surface area contributed by atoms with E-state index < -0.39 is 6.10 Å². The largest absolute Gasteiger partial charge is 0.497 e. The Morgan fingerprint density at radius 2 is 2.13 bits per heavy atom. The number of aliphatic hydroxyl groups is 1. The quantitative estimate of drug-likeness (QED) is 0.839. The van der Waals surface area contributed by atoms with Crippen LogP contribution >= 0.6 is 0 Å². The molecule has 3 rings (SSSR count). The second-order valence-corrected chi connectivity index (χ2v) is 6.92. The van der Waals surface area contributed by atoms with Crippen LogP contribution in [0.1, 0.15) is 37.7 Å². The predicted octanol–water partition coefficient (Wildman–Crippen LogP) is 2.84. The maximum absolute atomic E-state index is 10.3. The van der Waals surface area contributed by atoms with Crippen molar-refractivity contribution in [1.82, 2.24) is 4.90 Å². The summed E-state index contributed by atoms with van der Waals surface area (Å²) in [5, 5.41) is 10.3. The summed E-state index contributed by atoms with van der Waals surface area (Å²) < 4.78 is 10.9. The molecule has 128 valence electrons. The van der Waals surface area contributed by atoms with Gasteiger partial charge in [-0.1, -0.05) is 25.0 Å². The molecule has 1 saturated heterocycles. The first kappa shape index (κ1) is 16.7. The van der Waals surface area contributed by atoms with E-state index in [9.17, 15) is 5.11 Å². The Hall–Kier alpha value is -1.10. The number of nitrogens with zero attached hydrogens (tertiary/aromatic N) is 1. The second-order valence-electron chi connectivity index (χ2n) is 6.92. The SMILES string of the molecule is COc1cccc(COCC(O)CN2CCC3CCCCC32)c1. The van der Waals surface area contributed by atoms with Crippen LogP contribution in [0.3, 0.4) is 0 Å². The van der Waals surface area contributed by atoms with Crippen LogP contribution in [0.25, 0.3) is 0 Å². The summed E-state index contributed by atoms with van der Waals surface area (Å²) in [4.78, 5) is 2.49. The van der Waals surface area contributed by atoms with Crippen molar-refractivity contribution < 1.29 is 14.6 Å². The summed E-state index contributed by atoms with van der Waals surface area (Å²) in [6, 6.07) is 8.58. The van der Waals surface area contributed by atoms with Gasteiger partial charge in [-0.15, -0.1) is 0 Å². The zero-order valence-corrected chi connectivity index (χ0v) is 14.1. The van der Waals surface area contributed by atoms with Crippen LogP contribution < -0.4 is 4.74 Å². The standard InChI is InChI=1S/C19H29NO3/c1-22-18-7-4-5-15(11-18)13-23-14-17(21)12-20-10-9-16-6-2-3-8-19(16)20/h4-5,7,11,16-17,19,21H,2-3,6,8-10,12-14H2,1H3. The summed E-state index contributed by atoms with van der Waals surface area (Å²) in [5.41, 5.74) is 1.07. The molecule has 0 spiro atoms. The molecule has 0 bridgehead atoms. The van der Waals surface area contributed by atoms with Gasteiger partial charge < -0.3 is 14.6 Å². The Morgan fingerprint density at radius 3 is 3.00 bits per heavy atom. The minimum Gasteiger partial charge on any atom is -0.497 e. The summed E-state index contributed by atoms with van der Waals surface area (Å²) >= 11 is 0. The van der Waals surface area contributed by atoms with E-state index in [1.807, 2.05) is 24.3 Å². The molecule has 4 heteroatoms. The number of ether oxygens (including phenoxy) is 2. The number of rotatable bonds is 7.